The number of aromatic nitrogens is 3. The molecule has 78 valence electrons. The molecule has 0 atom stereocenters. The highest BCUT2D eigenvalue weighted by Crippen LogP contribution is 1.99. The van der Waals surface area contributed by atoms with Gasteiger partial charge in [0.25, 0.3) is 0 Å². The van der Waals surface area contributed by atoms with Gasteiger partial charge in [-0.15, -0.1) is 0 Å². The lowest BCUT2D eigenvalue weighted by molar-refractivity contribution is -0.120. The average Bonchev–Trinajstić information content (AvgIpc) is 2.55. The van der Waals surface area contributed by atoms with Gasteiger partial charge in [0.1, 0.15) is 6.61 Å². The Bertz CT molecular complexity index is 370. The fourth-order valence-corrected chi connectivity index (χ4v) is 1.28. The molecule has 0 aliphatic heterocycles. The molecule has 0 saturated carbocycles. The van der Waals surface area contributed by atoms with Gasteiger partial charge in [0.2, 0.25) is 5.91 Å². The zero-order valence-corrected chi connectivity index (χ0v) is 8.60. The number of aliphatic hydroxyl groups excluding tert-OH is 1. The Balaban J connectivity index is 2.70. The molecule has 7 heteroatoms. The monoisotopic (exact) mass is 216 g/mol. The Labute approximate surface area is 85.9 Å². The van der Waals surface area contributed by atoms with Crippen molar-refractivity contribution in [2.75, 3.05) is 7.05 Å². The van der Waals surface area contributed by atoms with Crippen LogP contribution in [0.3, 0.4) is 0 Å². The number of aromatic amines is 1. The van der Waals surface area contributed by atoms with Crippen molar-refractivity contribution in [1.82, 2.24) is 20.1 Å². The molecule has 1 amide bonds. The summed E-state index contributed by atoms with van der Waals surface area (Å²) < 4.78 is 2.02. The van der Waals surface area contributed by atoms with Crippen LogP contribution in [-0.2, 0) is 17.9 Å². The third-order valence-corrected chi connectivity index (χ3v) is 2.13. The van der Waals surface area contributed by atoms with Gasteiger partial charge in [0, 0.05) is 20.0 Å². The van der Waals surface area contributed by atoms with E-state index in [9.17, 15) is 4.79 Å². The molecule has 3 N–H and O–H groups in total. The van der Waals surface area contributed by atoms with E-state index in [1.165, 1.54) is 0 Å². The van der Waals surface area contributed by atoms with Crippen LogP contribution >= 0.6 is 12.2 Å². The Kier molecular flexibility index (Phi) is 3.78. The minimum atomic E-state index is -0.194. The Morgan fingerprint density at radius 2 is 2.50 bits per heavy atom. The van der Waals surface area contributed by atoms with Gasteiger partial charge in [0.05, 0.1) is 0 Å². The van der Waals surface area contributed by atoms with Crippen molar-refractivity contribution in [3.63, 3.8) is 0 Å². The smallest absolute Gasteiger partial charge is 0.221 e. The molecule has 0 spiro atoms. The van der Waals surface area contributed by atoms with Crippen molar-refractivity contribution in [3.8, 4) is 0 Å². The van der Waals surface area contributed by atoms with Crippen molar-refractivity contribution < 1.29 is 9.90 Å². The lowest BCUT2D eigenvalue weighted by Gasteiger charge is -2.03. The number of hydrogen-bond acceptors (Lipinski definition) is 4. The first-order chi connectivity index (χ1) is 6.69. The molecule has 1 aromatic rings. The quantitative estimate of drug-likeness (QED) is 0.596. The zero-order valence-electron chi connectivity index (χ0n) is 7.78. The Hall–Kier alpha value is -1.21. The molecule has 0 radical (unpaired) electrons. The van der Waals surface area contributed by atoms with E-state index in [1.807, 2.05) is 0 Å². The van der Waals surface area contributed by atoms with Gasteiger partial charge >= 0.3 is 0 Å². The second kappa shape index (κ2) is 4.87. The number of aliphatic hydroxyl groups is 1. The molecular formula is C7H12N4O2S. The molecule has 1 aromatic heterocycles. The van der Waals surface area contributed by atoms with E-state index in [0.717, 1.165) is 0 Å². The molecule has 14 heavy (non-hydrogen) atoms. The molecular weight excluding hydrogens is 204 g/mol. The van der Waals surface area contributed by atoms with Crippen LogP contribution in [0.4, 0.5) is 0 Å². The topological polar surface area (TPSA) is 82.9 Å². The predicted octanol–water partition coefficient (Wildman–Crippen LogP) is -0.431. The van der Waals surface area contributed by atoms with E-state index in [-0.39, 0.29) is 12.5 Å². The van der Waals surface area contributed by atoms with E-state index < -0.39 is 0 Å². The van der Waals surface area contributed by atoms with Crippen LogP contribution in [0.25, 0.3) is 0 Å². The van der Waals surface area contributed by atoms with Gasteiger partial charge in [-0.3, -0.25) is 9.89 Å². The Morgan fingerprint density at radius 1 is 1.79 bits per heavy atom. The van der Waals surface area contributed by atoms with Crippen molar-refractivity contribution in [2.24, 2.45) is 0 Å². The first-order valence-corrected chi connectivity index (χ1v) is 4.55. The highest BCUT2D eigenvalue weighted by Gasteiger charge is 2.06. The van der Waals surface area contributed by atoms with E-state index in [2.05, 4.69) is 15.5 Å². The van der Waals surface area contributed by atoms with Gasteiger partial charge in [-0.25, -0.2) is 0 Å². The number of nitrogens with zero attached hydrogens (tertiary/aromatic N) is 2. The SMILES string of the molecule is CNC(=O)CCn1c(CO)n[nH]c1=S. The van der Waals surface area contributed by atoms with Crippen molar-refractivity contribution in [3.05, 3.63) is 10.6 Å². The molecule has 1 rings (SSSR count). The van der Waals surface area contributed by atoms with Gasteiger partial charge in [-0.1, -0.05) is 0 Å². The molecule has 6 nitrogen and oxygen atoms in total. The van der Waals surface area contributed by atoms with Gasteiger partial charge in [-0.2, -0.15) is 5.10 Å². The fourth-order valence-electron chi connectivity index (χ4n) is 1.04. The standard InChI is InChI=1S/C7H12N4O2S/c1-8-6(13)2-3-11-5(4-12)9-10-7(11)14/h12H,2-4H2,1H3,(H,8,13)(H,10,14). The van der Waals surface area contributed by atoms with Crippen LogP contribution in [0.2, 0.25) is 0 Å². The summed E-state index contributed by atoms with van der Waals surface area (Å²) in [6, 6.07) is 0. The lowest BCUT2D eigenvalue weighted by Crippen LogP contribution is -2.20. The summed E-state index contributed by atoms with van der Waals surface area (Å²) >= 11 is 4.93. The summed E-state index contributed by atoms with van der Waals surface area (Å²) in [7, 11) is 1.57. The highest BCUT2D eigenvalue weighted by atomic mass is 32.1. The maximum atomic E-state index is 11.0. The minimum absolute atomic E-state index is 0.0722. The van der Waals surface area contributed by atoms with Crippen LogP contribution in [-0.4, -0.2) is 32.8 Å². The third-order valence-electron chi connectivity index (χ3n) is 1.82. The number of carbonyl (C=O) groups is 1. The summed E-state index contributed by atoms with van der Waals surface area (Å²) in [6.45, 7) is 0.228. The van der Waals surface area contributed by atoms with E-state index in [0.29, 0.717) is 23.6 Å². The summed E-state index contributed by atoms with van der Waals surface area (Å²) in [5.41, 5.74) is 0. The molecule has 0 aliphatic rings. The summed E-state index contributed by atoms with van der Waals surface area (Å²) in [5, 5.41) is 17.8. The summed E-state index contributed by atoms with van der Waals surface area (Å²) in [4.78, 5) is 11.0. The first-order valence-electron chi connectivity index (χ1n) is 4.14. The van der Waals surface area contributed by atoms with E-state index >= 15 is 0 Å². The molecule has 0 aliphatic carbocycles. The first kappa shape index (κ1) is 10.9. The molecule has 1 heterocycles. The normalized spacial score (nSPS) is 10.1. The molecule has 0 aromatic carbocycles. The van der Waals surface area contributed by atoms with Crippen molar-refractivity contribution in [2.45, 2.75) is 19.6 Å². The number of hydrogen-bond donors (Lipinski definition) is 3. The molecule has 0 unspecified atom stereocenters. The van der Waals surface area contributed by atoms with Crippen molar-refractivity contribution >= 4 is 18.1 Å². The van der Waals surface area contributed by atoms with Crippen LogP contribution in [0, 0.1) is 4.77 Å². The molecule has 0 bridgehead atoms. The van der Waals surface area contributed by atoms with Gasteiger partial charge in [0.15, 0.2) is 10.6 Å². The van der Waals surface area contributed by atoms with E-state index in [4.69, 9.17) is 17.3 Å². The predicted molar refractivity (Wildman–Crippen MR) is 52.0 cm³/mol. The van der Waals surface area contributed by atoms with Crippen molar-refractivity contribution in [1.29, 1.82) is 0 Å². The summed E-state index contributed by atoms with van der Waals surface area (Å²) in [5.74, 6) is 0.371. The minimum Gasteiger partial charge on any atom is -0.388 e. The largest absolute Gasteiger partial charge is 0.388 e. The maximum Gasteiger partial charge on any atom is 0.221 e. The number of amides is 1. The van der Waals surface area contributed by atoms with Crippen LogP contribution < -0.4 is 5.32 Å². The van der Waals surface area contributed by atoms with Gasteiger partial charge in [-0.05, 0) is 12.2 Å². The lowest BCUT2D eigenvalue weighted by atomic mass is 10.4. The van der Waals surface area contributed by atoms with Crippen LogP contribution in [0.5, 0.6) is 0 Å². The highest BCUT2D eigenvalue weighted by molar-refractivity contribution is 7.71. The number of rotatable bonds is 4. The number of nitrogens with one attached hydrogen (secondary N) is 2. The summed E-state index contributed by atoms with van der Waals surface area (Å²) in [6.07, 6.45) is 0.317. The number of carbonyl (C=O) groups excluding carboxylic acids is 1. The second-order valence-electron chi connectivity index (χ2n) is 2.68. The Morgan fingerprint density at radius 3 is 3.07 bits per heavy atom. The maximum absolute atomic E-state index is 11.0. The number of H-pyrrole nitrogens is 1. The fraction of sp³-hybridized carbons (Fsp3) is 0.571. The van der Waals surface area contributed by atoms with E-state index in [1.54, 1.807) is 11.6 Å². The molecule has 0 saturated heterocycles. The van der Waals surface area contributed by atoms with Crippen LogP contribution in [0.15, 0.2) is 0 Å². The zero-order chi connectivity index (χ0) is 10.6. The molecule has 0 fully saturated rings. The average molecular weight is 216 g/mol. The van der Waals surface area contributed by atoms with Crippen LogP contribution in [0.1, 0.15) is 12.2 Å². The third kappa shape index (κ3) is 2.39. The second-order valence-corrected chi connectivity index (χ2v) is 3.06. The van der Waals surface area contributed by atoms with Gasteiger partial charge < -0.3 is 15.0 Å².